The van der Waals surface area contributed by atoms with Gasteiger partial charge in [-0.25, -0.2) is 9.97 Å². The van der Waals surface area contributed by atoms with Gasteiger partial charge in [-0.2, -0.15) is 0 Å². The van der Waals surface area contributed by atoms with E-state index in [1.165, 1.54) is 21.5 Å². The lowest BCUT2D eigenvalue weighted by Crippen LogP contribution is -2.02. The molecule has 5 nitrogen and oxygen atoms in total. The van der Waals surface area contributed by atoms with Gasteiger partial charge in [0.1, 0.15) is 11.2 Å². The molecule has 13 aromatic rings. The third-order valence-corrected chi connectivity index (χ3v) is 12.5. The van der Waals surface area contributed by atoms with Crippen LogP contribution >= 0.6 is 0 Å². The molecule has 0 aliphatic heterocycles. The first-order valence-electron chi connectivity index (χ1n) is 21.3. The van der Waals surface area contributed by atoms with Gasteiger partial charge in [-0.3, -0.25) is 0 Å². The van der Waals surface area contributed by atoms with E-state index in [9.17, 15) is 0 Å². The van der Waals surface area contributed by atoms with Crippen LogP contribution in [0, 0.1) is 0 Å². The third-order valence-electron chi connectivity index (χ3n) is 12.5. The summed E-state index contributed by atoms with van der Waals surface area (Å²) in [5.41, 5.74) is 15.3. The molecular formula is C58H36N4O. The average Bonchev–Trinajstić information content (AvgIpc) is 4.02. The van der Waals surface area contributed by atoms with Crippen LogP contribution < -0.4 is 0 Å². The Morgan fingerprint density at radius 3 is 1.35 bits per heavy atom. The van der Waals surface area contributed by atoms with Crippen molar-refractivity contribution in [3.63, 3.8) is 0 Å². The Bertz CT molecular complexity index is 3690. The summed E-state index contributed by atoms with van der Waals surface area (Å²) in [6, 6.07) is 77.4. The van der Waals surface area contributed by atoms with E-state index < -0.39 is 0 Å². The highest BCUT2D eigenvalue weighted by Gasteiger charge is 2.19. The standard InChI is InChI=1S/C58H36N4O/c1-2-15-37(16-3-1)50-36-51(40-18-14-17-38(31-40)39-29-30-57-49(34-39)48-23-8-13-28-56(48)63-57)60-58(59-50)41-32-42(61-52-24-9-4-19-44(52)45-20-5-10-25-53(45)61)35-43(33-41)62-54-26-11-6-21-46(54)47-22-7-12-27-55(47)62/h1-36H. The van der Waals surface area contributed by atoms with E-state index in [0.29, 0.717) is 5.82 Å². The van der Waals surface area contributed by atoms with E-state index in [-0.39, 0.29) is 0 Å². The van der Waals surface area contributed by atoms with Crippen LogP contribution in [-0.2, 0) is 0 Å². The number of benzene rings is 9. The molecule has 5 heteroatoms. The summed E-state index contributed by atoms with van der Waals surface area (Å²) in [6.07, 6.45) is 0. The lowest BCUT2D eigenvalue weighted by atomic mass is 9.99. The quantitative estimate of drug-likeness (QED) is 0.168. The summed E-state index contributed by atoms with van der Waals surface area (Å²) in [5, 5.41) is 7.05. The van der Waals surface area contributed by atoms with Crippen molar-refractivity contribution in [1.82, 2.24) is 19.1 Å². The largest absolute Gasteiger partial charge is 0.456 e. The second kappa shape index (κ2) is 14.0. The summed E-state index contributed by atoms with van der Waals surface area (Å²) < 4.78 is 10.9. The maximum atomic E-state index is 6.17. The summed E-state index contributed by atoms with van der Waals surface area (Å²) in [5.74, 6) is 0.646. The first kappa shape index (κ1) is 35.2. The zero-order valence-electron chi connectivity index (χ0n) is 34.0. The van der Waals surface area contributed by atoms with Crippen LogP contribution in [0.3, 0.4) is 0 Å². The lowest BCUT2D eigenvalue weighted by Gasteiger charge is -2.16. The van der Waals surface area contributed by atoms with E-state index in [1.54, 1.807) is 0 Å². The Morgan fingerprint density at radius 2 is 0.746 bits per heavy atom. The first-order chi connectivity index (χ1) is 31.2. The van der Waals surface area contributed by atoms with Gasteiger partial charge in [0.2, 0.25) is 0 Å². The number of furan rings is 1. The fraction of sp³-hybridized carbons (Fsp3) is 0. The van der Waals surface area contributed by atoms with E-state index in [1.807, 2.05) is 18.2 Å². The van der Waals surface area contributed by atoms with Crippen LogP contribution in [0.4, 0.5) is 0 Å². The zero-order valence-corrected chi connectivity index (χ0v) is 34.0. The molecule has 4 aromatic heterocycles. The molecule has 9 aromatic carbocycles. The molecule has 0 aliphatic carbocycles. The number of hydrogen-bond donors (Lipinski definition) is 0. The van der Waals surface area contributed by atoms with Crippen molar-refractivity contribution in [3.8, 4) is 56.4 Å². The van der Waals surface area contributed by atoms with Crippen molar-refractivity contribution >= 4 is 65.6 Å². The Hall–Kier alpha value is -8.54. The Morgan fingerprint density at radius 1 is 0.286 bits per heavy atom. The maximum absolute atomic E-state index is 6.17. The van der Waals surface area contributed by atoms with E-state index in [4.69, 9.17) is 14.4 Å². The number of para-hydroxylation sites is 5. The lowest BCUT2D eigenvalue weighted by molar-refractivity contribution is 0.669. The van der Waals surface area contributed by atoms with Gasteiger partial charge in [0, 0.05) is 60.4 Å². The van der Waals surface area contributed by atoms with Gasteiger partial charge in [0.05, 0.1) is 33.5 Å². The van der Waals surface area contributed by atoms with Crippen LogP contribution in [0.1, 0.15) is 0 Å². The van der Waals surface area contributed by atoms with Gasteiger partial charge in [-0.05, 0) is 83.9 Å². The van der Waals surface area contributed by atoms with Gasteiger partial charge in [0.15, 0.2) is 5.82 Å². The highest BCUT2D eigenvalue weighted by Crippen LogP contribution is 2.39. The molecule has 0 spiro atoms. The van der Waals surface area contributed by atoms with E-state index in [0.717, 1.165) is 94.6 Å². The van der Waals surface area contributed by atoms with Gasteiger partial charge in [0.25, 0.3) is 0 Å². The second-order valence-electron chi connectivity index (χ2n) is 16.2. The average molecular weight is 805 g/mol. The number of fused-ring (bicyclic) bond motifs is 9. The van der Waals surface area contributed by atoms with Gasteiger partial charge < -0.3 is 13.6 Å². The molecule has 0 amide bonds. The fourth-order valence-corrected chi connectivity index (χ4v) is 9.63. The highest BCUT2D eigenvalue weighted by molar-refractivity contribution is 6.11. The zero-order chi connectivity index (χ0) is 41.4. The van der Waals surface area contributed by atoms with Crippen molar-refractivity contribution < 1.29 is 4.42 Å². The minimum Gasteiger partial charge on any atom is -0.456 e. The number of hydrogen-bond acceptors (Lipinski definition) is 3. The van der Waals surface area contributed by atoms with Crippen molar-refractivity contribution in [2.24, 2.45) is 0 Å². The Balaban J connectivity index is 1.05. The predicted octanol–water partition coefficient (Wildman–Crippen LogP) is 15.2. The number of aromatic nitrogens is 4. The van der Waals surface area contributed by atoms with Crippen molar-refractivity contribution in [3.05, 3.63) is 218 Å². The molecular weight excluding hydrogens is 769 g/mol. The maximum Gasteiger partial charge on any atom is 0.160 e. The molecule has 0 saturated carbocycles. The molecule has 0 atom stereocenters. The Labute approximate surface area is 362 Å². The summed E-state index contributed by atoms with van der Waals surface area (Å²) in [4.78, 5) is 10.9. The third kappa shape index (κ3) is 5.71. The molecule has 63 heavy (non-hydrogen) atoms. The molecule has 0 N–H and O–H groups in total. The smallest absolute Gasteiger partial charge is 0.160 e. The molecule has 0 unspecified atom stereocenters. The van der Waals surface area contributed by atoms with Crippen LogP contribution in [0.15, 0.2) is 223 Å². The van der Waals surface area contributed by atoms with Crippen molar-refractivity contribution in [2.75, 3.05) is 0 Å². The topological polar surface area (TPSA) is 48.8 Å². The number of nitrogens with zero attached hydrogens (tertiary/aromatic N) is 4. The number of rotatable bonds is 6. The van der Waals surface area contributed by atoms with Gasteiger partial charge >= 0.3 is 0 Å². The molecule has 13 rings (SSSR count). The van der Waals surface area contributed by atoms with Crippen LogP contribution in [0.2, 0.25) is 0 Å². The predicted molar refractivity (Wildman–Crippen MR) is 260 cm³/mol. The first-order valence-corrected chi connectivity index (χ1v) is 21.3. The second-order valence-corrected chi connectivity index (χ2v) is 16.2. The van der Waals surface area contributed by atoms with Crippen LogP contribution in [0.5, 0.6) is 0 Å². The van der Waals surface area contributed by atoms with Gasteiger partial charge in [-0.1, -0.05) is 146 Å². The molecule has 294 valence electrons. The minimum absolute atomic E-state index is 0.646. The summed E-state index contributed by atoms with van der Waals surface area (Å²) >= 11 is 0. The molecule has 4 heterocycles. The summed E-state index contributed by atoms with van der Waals surface area (Å²) in [6.45, 7) is 0. The highest BCUT2D eigenvalue weighted by atomic mass is 16.3. The van der Waals surface area contributed by atoms with Crippen molar-refractivity contribution in [2.45, 2.75) is 0 Å². The normalized spacial score (nSPS) is 11.8. The molecule has 0 aliphatic rings. The summed E-state index contributed by atoms with van der Waals surface area (Å²) in [7, 11) is 0. The minimum atomic E-state index is 0.646. The van der Waals surface area contributed by atoms with E-state index >= 15 is 0 Å². The molecule has 0 radical (unpaired) electrons. The molecule has 0 fully saturated rings. The SMILES string of the molecule is c1ccc(-c2cc(-c3cccc(-c4ccc5oc6ccccc6c5c4)c3)nc(-c3cc(-n4c5ccccc5c5ccccc54)cc(-n4c5ccccc5c5ccccc54)c3)n2)cc1. The van der Waals surface area contributed by atoms with Gasteiger partial charge in [-0.15, -0.1) is 0 Å². The molecule has 0 saturated heterocycles. The van der Waals surface area contributed by atoms with Crippen LogP contribution in [-0.4, -0.2) is 19.1 Å². The van der Waals surface area contributed by atoms with Crippen molar-refractivity contribution in [1.29, 1.82) is 0 Å². The fourth-order valence-electron chi connectivity index (χ4n) is 9.63. The van der Waals surface area contributed by atoms with Crippen LogP contribution in [0.25, 0.3) is 122 Å². The Kier molecular flexibility index (Phi) is 7.84. The monoisotopic (exact) mass is 804 g/mol. The van der Waals surface area contributed by atoms with E-state index in [2.05, 4.69) is 209 Å². The molecule has 0 bridgehead atoms.